The second-order valence-corrected chi connectivity index (χ2v) is 7.42. The number of carbonyl (C=O) groups excluding carboxylic acids is 1. The topological polar surface area (TPSA) is 111 Å². The van der Waals surface area contributed by atoms with Crippen LogP contribution in [0.1, 0.15) is 21.8 Å². The first-order valence-electron chi connectivity index (χ1n) is 10.1. The third kappa shape index (κ3) is 4.96. The van der Waals surface area contributed by atoms with Gasteiger partial charge in [-0.2, -0.15) is 5.10 Å². The molecule has 4 rings (SSSR count). The third-order valence-corrected chi connectivity index (χ3v) is 5.23. The van der Waals surface area contributed by atoms with Crippen molar-refractivity contribution in [1.29, 1.82) is 0 Å². The summed E-state index contributed by atoms with van der Waals surface area (Å²) >= 11 is 6.18. The van der Waals surface area contributed by atoms with Gasteiger partial charge in [-0.25, -0.2) is 4.79 Å². The molecule has 0 N–H and O–H groups in total. The zero-order chi connectivity index (χ0) is 24.1. The van der Waals surface area contributed by atoms with Crippen LogP contribution in [0.15, 0.2) is 53.2 Å². The quantitative estimate of drug-likeness (QED) is 0.325. The summed E-state index contributed by atoms with van der Waals surface area (Å²) in [5, 5.41) is 12.8. The van der Waals surface area contributed by atoms with Crippen LogP contribution in [-0.4, -0.2) is 47.3 Å². The summed E-state index contributed by atoms with van der Waals surface area (Å²) < 4.78 is 28.5. The summed E-state index contributed by atoms with van der Waals surface area (Å²) in [6.07, 6.45) is 3.01. The van der Waals surface area contributed by atoms with E-state index in [4.69, 9.17) is 35.0 Å². The Morgan fingerprint density at radius 1 is 1.06 bits per heavy atom. The Labute approximate surface area is 200 Å². The molecule has 2 aromatic carbocycles. The van der Waals surface area contributed by atoms with Crippen molar-refractivity contribution >= 4 is 17.6 Å². The van der Waals surface area contributed by atoms with Crippen molar-refractivity contribution in [2.75, 3.05) is 21.3 Å². The minimum atomic E-state index is -0.571. The van der Waals surface area contributed by atoms with Crippen molar-refractivity contribution in [2.24, 2.45) is 0 Å². The largest absolute Gasteiger partial charge is 0.493 e. The molecule has 0 radical (unpaired) electrons. The maximum Gasteiger partial charge on any atom is 0.341 e. The highest BCUT2D eigenvalue weighted by molar-refractivity contribution is 6.31. The molecule has 0 saturated carbocycles. The number of hydrogen-bond donors (Lipinski definition) is 0. The molecule has 0 aliphatic heterocycles. The number of rotatable bonds is 9. The Bertz CT molecular complexity index is 1280. The molecule has 176 valence electrons. The molecule has 0 unspecified atom stereocenters. The van der Waals surface area contributed by atoms with Gasteiger partial charge in [-0.1, -0.05) is 29.8 Å². The van der Waals surface area contributed by atoms with Crippen LogP contribution in [0.3, 0.4) is 0 Å². The van der Waals surface area contributed by atoms with E-state index in [9.17, 15) is 4.79 Å². The summed E-state index contributed by atoms with van der Waals surface area (Å²) in [6.45, 7) is 0.223. The molecule has 0 aliphatic rings. The van der Waals surface area contributed by atoms with Crippen LogP contribution in [0.4, 0.5) is 0 Å². The Balaban J connectivity index is 1.41. The molecule has 0 amide bonds. The fourth-order valence-corrected chi connectivity index (χ4v) is 3.40. The SMILES string of the molecule is COc1cc(-c2nnc(COC(=O)c3cnn(Cc4ccccc4Cl)c3)o2)cc(OC)c1OC. The van der Waals surface area contributed by atoms with Crippen LogP contribution in [0.2, 0.25) is 5.02 Å². The van der Waals surface area contributed by atoms with Gasteiger partial charge in [-0.15, -0.1) is 10.2 Å². The number of benzene rings is 2. The average molecular weight is 485 g/mol. The molecule has 11 heteroatoms. The van der Waals surface area contributed by atoms with Gasteiger partial charge in [0, 0.05) is 16.8 Å². The summed E-state index contributed by atoms with van der Waals surface area (Å²) in [5.74, 6) is 1.09. The van der Waals surface area contributed by atoms with E-state index in [1.54, 1.807) is 29.1 Å². The lowest BCUT2D eigenvalue weighted by atomic mass is 10.2. The number of aromatic nitrogens is 4. The first-order valence-corrected chi connectivity index (χ1v) is 10.5. The van der Waals surface area contributed by atoms with Gasteiger partial charge in [0.2, 0.25) is 11.6 Å². The fourth-order valence-electron chi connectivity index (χ4n) is 3.20. The number of carbonyl (C=O) groups is 1. The minimum absolute atomic E-state index is 0.126. The summed E-state index contributed by atoms with van der Waals surface area (Å²) in [5.41, 5.74) is 1.73. The molecule has 34 heavy (non-hydrogen) atoms. The summed E-state index contributed by atoms with van der Waals surface area (Å²) in [7, 11) is 4.53. The highest BCUT2D eigenvalue weighted by Crippen LogP contribution is 2.40. The van der Waals surface area contributed by atoms with E-state index in [1.807, 2.05) is 18.2 Å². The highest BCUT2D eigenvalue weighted by Gasteiger charge is 2.18. The first kappa shape index (κ1) is 23.1. The van der Waals surface area contributed by atoms with Crippen molar-refractivity contribution in [3.63, 3.8) is 0 Å². The second-order valence-electron chi connectivity index (χ2n) is 7.01. The van der Waals surface area contributed by atoms with Gasteiger partial charge in [0.15, 0.2) is 18.1 Å². The molecule has 4 aromatic rings. The molecule has 0 fully saturated rings. The zero-order valence-corrected chi connectivity index (χ0v) is 19.4. The molecule has 2 heterocycles. The lowest BCUT2D eigenvalue weighted by Crippen LogP contribution is -2.05. The van der Waals surface area contributed by atoms with Crippen LogP contribution in [0, 0.1) is 0 Å². The van der Waals surface area contributed by atoms with Crippen molar-refractivity contribution in [3.05, 3.63) is 70.8 Å². The Morgan fingerprint density at radius 3 is 2.47 bits per heavy atom. The standard InChI is InChI=1S/C23H21ClN4O6/c1-30-18-8-15(9-19(31-2)21(18)32-3)22-27-26-20(34-22)13-33-23(29)16-10-25-28(12-16)11-14-6-4-5-7-17(14)24/h4-10,12H,11,13H2,1-3H3. The zero-order valence-electron chi connectivity index (χ0n) is 18.6. The predicted octanol–water partition coefficient (Wildman–Crippen LogP) is 4.02. The van der Waals surface area contributed by atoms with Gasteiger partial charge in [0.05, 0.1) is 39.6 Å². The molecule has 0 atom stereocenters. The van der Waals surface area contributed by atoms with E-state index >= 15 is 0 Å². The normalized spacial score (nSPS) is 10.7. The fraction of sp³-hybridized carbons (Fsp3) is 0.217. The maximum absolute atomic E-state index is 12.4. The van der Waals surface area contributed by atoms with Gasteiger partial charge in [-0.3, -0.25) is 4.68 Å². The van der Waals surface area contributed by atoms with E-state index < -0.39 is 5.97 Å². The second kappa shape index (κ2) is 10.3. The highest BCUT2D eigenvalue weighted by atomic mass is 35.5. The van der Waals surface area contributed by atoms with Crippen LogP contribution in [0.25, 0.3) is 11.5 Å². The van der Waals surface area contributed by atoms with Gasteiger partial charge < -0.3 is 23.4 Å². The monoisotopic (exact) mass is 484 g/mol. The number of methoxy groups -OCH3 is 3. The smallest absolute Gasteiger partial charge is 0.341 e. The molecule has 2 aromatic heterocycles. The Hall–Kier alpha value is -4.05. The van der Waals surface area contributed by atoms with E-state index in [0.717, 1.165) is 5.56 Å². The van der Waals surface area contributed by atoms with Crippen molar-refractivity contribution < 1.29 is 28.2 Å². The molecular weight excluding hydrogens is 464 g/mol. The van der Waals surface area contributed by atoms with Crippen molar-refractivity contribution in [2.45, 2.75) is 13.2 Å². The van der Waals surface area contributed by atoms with Crippen LogP contribution in [0.5, 0.6) is 17.2 Å². The van der Waals surface area contributed by atoms with Gasteiger partial charge >= 0.3 is 5.97 Å². The van der Waals surface area contributed by atoms with E-state index in [1.165, 1.54) is 27.5 Å². The molecule has 0 saturated heterocycles. The van der Waals surface area contributed by atoms with Crippen molar-refractivity contribution in [1.82, 2.24) is 20.0 Å². The Morgan fingerprint density at radius 2 is 1.79 bits per heavy atom. The van der Waals surface area contributed by atoms with E-state index in [0.29, 0.717) is 34.4 Å². The van der Waals surface area contributed by atoms with E-state index in [2.05, 4.69) is 15.3 Å². The van der Waals surface area contributed by atoms with Crippen LogP contribution >= 0.6 is 11.6 Å². The Kier molecular flexibility index (Phi) is 6.98. The number of esters is 1. The van der Waals surface area contributed by atoms with Crippen LogP contribution in [-0.2, 0) is 17.9 Å². The number of nitrogens with zero attached hydrogens (tertiary/aromatic N) is 4. The third-order valence-electron chi connectivity index (χ3n) is 4.86. The number of hydrogen-bond acceptors (Lipinski definition) is 9. The summed E-state index contributed by atoms with van der Waals surface area (Å²) in [6, 6.07) is 10.8. The first-order chi connectivity index (χ1) is 16.5. The average Bonchev–Trinajstić information content (AvgIpc) is 3.53. The van der Waals surface area contributed by atoms with Gasteiger partial charge in [0.1, 0.15) is 0 Å². The van der Waals surface area contributed by atoms with Gasteiger partial charge in [-0.05, 0) is 23.8 Å². The lowest BCUT2D eigenvalue weighted by molar-refractivity contribution is 0.0438. The number of ether oxygens (including phenoxy) is 4. The maximum atomic E-state index is 12.4. The number of halogens is 1. The predicted molar refractivity (Wildman–Crippen MR) is 121 cm³/mol. The van der Waals surface area contributed by atoms with Gasteiger partial charge in [0.25, 0.3) is 5.89 Å². The minimum Gasteiger partial charge on any atom is -0.493 e. The molecule has 10 nitrogen and oxygen atoms in total. The van der Waals surface area contributed by atoms with Crippen molar-refractivity contribution in [3.8, 4) is 28.7 Å². The molecule has 0 aliphatic carbocycles. The summed E-state index contributed by atoms with van der Waals surface area (Å²) in [4.78, 5) is 12.4. The van der Waals surface area contributed by atoms with Crippen LogP contribution < -0.4 is 14.2 Å². The molecular formula is C23H21ClN4O6. The molecule has 0 bridgehead atoms. The van der Waals surface area contributed by atoms with E-state index in [-0.39, 0.29) is 24.0 Å². The lowest BCUT2D eigenvalue weighted by Gasteiger charge is -2.12. The molecule has 0 spiro atoms.